The first kappa shape index (κ1) is 15.4. The van der Waals surface area contributed by atoms with Crippen LogP contribution in [0.25, 0.3) is 15.2 Å². The van der Waals surface area contributed by atoms with Crippen LogP contribution >= 0.6 is 23.1 Å². The van der Waals surface area contributed by atoms with Crippen LogP contribution in [-0.2, 0) is 4.79 Å². The molecule has 3 aromatic rings. The zero-order valence-corrected chi connectivity index (χ0v) is 14.5. The summed E-state index contributed by atoms with van der Waals surface area (Å²) in [7, 11) is 0. The maximum Gasteiger partial charge on any atom is 0.321 e. The van der Waals surface area contributed by atoms with Crippen molar-refractivity contribution in [2.45, 2.75) is 36.2 Å². The summed E-state index contributed by atoms with van der Waals surface area (Å²) in [6.07, 6.45) is 1.96. The molecule has 2 aromatic heterocycles. The Kier molecular flexibility index (Phi) is 3.89. The normalized spacial score (nSPS) is 15.5. The maximum absolute atomic E-state index is 12.2. The molecule has 7 nitrogen and oxygen atoms in total. The van der Waals surface area contributed by atoms with Gasteiger partial charge in [-0.3, -0.25) is 14.5 Å². The summed E-state index contributed by atoms with van der Waals surface area (Å²) in [5.41, 5.74) is 1.02. The van der Waals surface area contributed by atoms with Gasteiger partial charge in [0.15, 0.2) is 5.16 Å². The van der Waals surface area contributed by atoms with Crippen molar-refractivity contribution in [1.29, 1.82) is 0 Å². The minimum atomic E-state index is -0.457. The Labute approximate surface area is 145 Å². The van der Waals surface area contributed by atoms with Crippen LogP contribution in [0.15, 0.2) is 29.4 Å². The van der Waals surface area contributed by atoms with Crippen molar-refractivity contribution in [3.05, 3.63) is 24.3 Å². The molecule has 0 bridgehead atoms. The van der Waals surface area contributed by atoms with Crippen molar-refractivity contribution in [3.63, 3.8) is 0 Å². The third-order valence-electron chi connectivity index (χ3n) is 3.71. The molecule has 24 heavy (non-hydrogen) atoms. The minimum absolute atomic E-state index is 0.217. The van der Waals surface area contributed by atoms with Crippen LogP contribution in [0.3, 0.4) is 0 Å². The van der Waals surface area contributed by atoms with Gasteiger partial charge in [0, 0.05) is 6.04 Å². The Balaban J connectivity index is 1.50. The predicted octanol–water partition coefficient (Wildman–Crippen LogP) is 2.41. The Morgan fingerprint density at radius 3 is 2.92 bits per heavy atom. The quantitative estimate of drug-likeness (QED) is 0.697. The molecule has 1 saturated carbocycles. The van der Waals surface area contributed by atoms with E-state index in [2.05, 4.69) is 20.8 Å². The number of carbonyl (C=O) groups excluding carboxylic acids is 2. The van der Waals surface area contributed by atoms with E-state index in [1.807, 2.05) is 28.7 Å². The largest absolute Gasteiger partial charge is 0.335 e. The molecule has 1 atom stereocenters. The van der Waals surface area contributed by atoms with E-state index in [9.17, 15) is 9.59 Å². The molecular weight excluding hydrogens is 346 g/mol. The van der Waals surface area contributed by atoms with Gasteiger partial charge in [-0.15, -0.1) is 10.2 Å². The fourth-order valence-electron chi connectivity index (χ4n) is 2.31. The molecule has 1 aromatic carbocycles. The lowest BCUT2D eigenvalue weighted by atomic mass is 10.3. The van der Waals surface area contributed by atoms with Gasteiger partial charge in [-0.2, -0.15) is 0 Å². The fraction of sp³-hybridized carbons (Fsp3) is 0.333. The number of thioether (sulfide) groups is 1. The number of amides is 3. The van der Waals surface area contributed by atoms with E-state index in [0.29, 0.717) is 5.16 Å². The van der Waals surface area contributed by atoms with Crippen molar-refractivity contribution in [2.75, 3.05) is 0 Å². The number of nitrogens with one attached hydrogen (secondary N) is 2. The highest BCUT2D eigenvalue weighted by Gasteiger charge is 2.26. The number of rotatable bonds is 4. The molecule has 2 heterocycles. The molecule has 1 aliphatic rings. The molecular formula is C15H15N5O2S2. The van der Waals surface area contributed by atoms with Crippen LogP contribution in [0, 0.1) is 0 Å². The van der Waals surface area contributed by atoms with Crippen LogP contribution in [0.2, 0.25) is 0 Å². The lowest BCUT2D eigenvalue weighted by molar-refractivity contribution is -0.119. The lowest BCUT2D eigenvalue weighted by Crippen LogP contribution is -2.43. The highest BCUT2D eigenvalue weighted by atomic mass is 32.2. The first-order valence-corrected chi connectivity index (χ1v) is 9.32. The van der Waals surface area contributed by atoms with E-state index < -0.39 is 11.3 Å². The smallest absolute Gasteiger partial charge is 0.321 e. The number of thiazole rings is 1. The first-order valence-electron chi connectivity index (χ1n) is 7.62. The second kappa shape index (κ2) is 6.06. The van der Waals surface area contributed by atoms with Gasteiger partial charge in [0.2, 0.25) is 10.9 Å². The summed E-state index contributed by atoms with van der Waals surface area (Å²) >= 11 is 2.84. The summed E-state index contributed by atoms with van der Waals surface area (Å²) in [4.78, 5) is 24.6. The molecule has 0 aliphatic heterocycles. The summed E-state index contributed by atoms with van der Waals surface area (Å²) in [6.45, 7) is 1.75. The van der Waals surface area contributed by atoms with E-state index in [1.54, 1.807) is 18.3 Å². The Morgan fingerprint density at radius 2 is 2.12 bits per heavy atom. The average molecular weight is 361 g/mol. The van der Waals surface area contributed by atoms with E-state index in [0.717, 1.165) is 28.0 Å². The summed E-state index contributed by atoms with van der Waals surface area (Å²) in [5.74, 6) is -0.338. The van der Waals surface area contributed by atoms with Crippen molar-refractivity contribution in [3.8, 4) is 0 Å². The molecule has 3 amide bonds. The highest BCUT2D eigenvalue weighted by molar-refractivity contribution is 8.00. The number of imide groups is 1. The number of benzene rings is 1. The zero-order valence-electron chi connectivity index (χ0n) is 12.9. The zero-order chi connectivity index (χ0) is 16.7. The second-order valence-electron chi connectivity index (χ2n) is 5.67. The van der Waals surface area contributed by atoms with Crippen LogP contribution in [0.4, 0.5) is 4.79 Å². The molecule has 0 saturated heterocycles. The summed E-state index contributed by atoms with van der Waals surface area (Å²) < 4.78 is 3.06. The van der Waals surface area contributed by atoms with Crippen LogP contribution in [-0.4, -0.2) is 37.8 Å². The predicted molar refractivity (Wildman–Crippen MR) is 93.4 cm³/mol. The van der Waals surface area contributed by atoms with E-state index in [4.69, 9.17) is 0 Å². The SMILES string of the molecule is CC(Sc1nnc2sc3ccccc3n12)C(=O)NC(=O)NC1CC1. The third-order valence-corrected chi connectivity index (χ3v) is 5.77. The fourth-order valence-corrected chi connectivity index (χ4v) is 4.19. The molecule has 4 rings (SSSR count). The molecule has 1 unspecified atom stereocenters. The molecule has 0 spiro atoms. The molecule has 1 fully saturated rings. The number of hydrogen-bond acceptors (Lipinski definition) is 6. The number of fused-ring (bicyclic) bond motifs is 3. The molecule has 2 N–H and O–H groups in total. The second-order valence-corrected chi connectivity index (χ2v) is 7.98. The standard InChI is InChI=1S/C15H15N5O2S2/c1-8(12(21)17-13(22)16-9-6-7-9)23-14-18-19-15-20(14)10-4-2-3-5-11(10)24-15/h2-5,8-9H,6-7H2,1H3,(H2,16,17,21,22). The topological polar surface area (TPSA) is 88.4 Å². The lowest BCUT2D eigenvalue weighted by Gasteiger charge is -2.10. The summed E-state index contributed by atoms with van der Waals surface area (Å²) in [5, 5.41) is 13.7. The van der Waals surface area contributed by atoms with Gasteiger partial charge in [-0.25, -0.2) is 4.79 Å². The van der Waals surface area contributed by atoms with Crippen molar-refractivity contribution in [1.82, 2.24) is 25.2 Å². The van der Waals surface area contributed by atoms with Gasteiger partial charge < -0.3 is 5.32 Å². The van der Waals surface area contributed by atoms with Crippen LogP contribution in [0.1, 0.15) is 19.8 Å². The van der Waals surface area contributed by atoms with Gasteiger partial charge in [0.1, 0.15) is 0 Å². The van der Waals surface area contributed by atoms with E-state index >= 15 is 0 Å². The third kappa shape index (κ3) is 2.96. The average Bonchev–Trinajstić information content (AvgIpc) is 3.16. The molecule has 0 radical (unpaired) electrons. The highest BCUT2D eigenvalue weighted by Crippen LogP contribution is 2.31. The maximum atomic E-state index is 12.2. The minimum Gasteiger partial charge on any atom is -0.335 e. The monoisotopic (exact) mass is 361 g/mol. The Morgan fingerprint density at radius 1 is 1.33 bits per heavy atom. The number of urea groups is 1. The van der Waals surface area contributed by atoms with E-state index in [1.165, 1.54) is 11.8 Å². The van der Waals surface area contributed by atoms with Gasteiger partial charge >= 0.3 is 6.03 Å². The number of aromatic nitrogens is 3. The number of nitrogens with zero attached hydrogens (tertiary/aromatic N) is 3. The van der Waals surface area contributed by atoms with Gasteiger partial charge in [-0.1, -0.05) is 35.2 Å². The van der Waals surface area contributed by atoms with Gasteiger partial charge in [0.25, 0.3) is 0 Å². The molecule has 9 heteroatoms. The Hall–Kier alpha value is -2.13. The number of hydrogen-bond donors (Lipinski definition) is 2. The van der Waals surface area contributed by atoms with Crippen molar-refractivity contribution < 1.29 is 9.59 Å². The summed E-state index contributed by atoms with van der Waals surface area (Å²) in [6, 6.07) is 7.76. The van der Waals surface area contributed by atoms with Gasteiger partial charge in [0.05, 0.1) is 15.5 Å². The Bertz CT molecular complexity index is 930. The van der Waals surface area contributed by atoms with E-state index in [-0.39, 0.29) is 11.9 Å². The number of carbonyl (C=O) groups is 2. The molecule has 124 valence electrons. The molecule has 1 aliphatic carbocycles. The van der Waals surface area contributed by atoms with Crippen LogP contribution < -0.4 is 10.6 Å². The van der Waals surface area contributed by atoms with Crippen molar-refractivity contribution >= 4 is 50.2 Å². The first-order chi connectivity index (χ1) is 11.6. The van der Waals surface area contributed by atoms with Crippen molar-refractivity contribution in [2.24, 2.45) is 0 Å². The van der Waals surface area contributed by atoms with Gasteiger partial charge in [-0.05, 0) is 31.9 Å². The van der Waals surface area contributed by atoms with Crippen LogP contribution in [0.5, 0.6) is 0 Å². The number of para-hydroxylation sites is 1.